The molecule has 1 heterocycles. The van der Waals surface area contributed by atoms with E-state index in [1.807, 2.05) is 12.1 Å². The maximum atomic E-state index is 11.4. The van der Waals surface area contributed by atoms with E-state index in [9.17, 15) is 9.59 Å². The van der Waals surface area contributed by atoms with Crippen LogP contribution in [0.5, 0.6) is 0 Å². The molecule has 1 aromatic rings. The van der Waals surface area contributed by atoms with Gasteiger partial charge in [-0.2, -0.15) is 0 Å². The van der Waals surface area contributed by atoms with Crippen molar-refractivity contribution in [2.75, 3.05) is 19.8 Å². The van der Waals surface area contributed by atoms with E-state index >= 15 is 0 Å². The van der Waals surface area contributed by atoms with Crippen LogP contribution in [0.3, 0.4) is 0 Å². The van der Waals surface area contributed by atoms with Crippen LogP contribution in [0, 0.1) is 0 Å². The fourth-order valence-electron chi connectivity index (χ4n) is 1.51. The van der Waals surface area contributed by atoms with Crippen molar-refractivity contribution >= 4 is 11.9 Å². The van der Waals surface area contributed by atoms with Gasteiger partial charge in [-0.05, 0) is 25.5 Å². The molecule has 0 spiro atoms. The minimum absolute atomic E-state index is 0.120. The minimum Gasteiger partial charge on any atom is -0.467 e. The molecule has 0 aliphatic rings. The van der Waals surface area contributed by atoms with Crippen LogP contribution in [-0.4, -0.2) is 31.6 Å². The first-order valence-corrected chi connectivity index (χ1v) is 6.74. The monoisotopic (exact) mass is 283 g/mol. The molecular weight excluding hydrogens is 262 g/mol. The van der Waals surface area contributed by atoms with Crippen molar-refractivity contribution in [3.05, 3.63) is 24.2 Å². The highest BCUT2D eigenvalue weighted by Crippen LogP contribution is 2.01. The normalized spacial score (nSPS) is 10.2. The van der Waals surface area contributed by atoms with Crippen LogP contribution in [0.4, 0.5) is 0 Å². The molecule has 1 amide bonds. The molecule has 1 rings (SSSR count). The van der Waals surface area contributed by atoms with Gasteiger partial charge in [0.15, 0.2) is 0 Å². The third kappa shape index (κ3) is 7.58. The highest BCUT2D eigenvalue weighted by atomic mass is 16.5. The van der Waals surface area contributed by atoms with Gasteiger partial charge < -0.3 is 19.2 Å². The quantitative estimate of drug-likeness (QED) is 0.522. The second-order valence-corrected chi connectivity index (χ2v) is 4.14. The van der Waals surface area contributed by atoms with E-state index in [2.05, 4.69) is 5.32 Å². The van der Waals surface area contributed by atoms with Gasteiger partial charge in [-0.1, -0.05) is 0 Å². The van der Waals surface area contributed by atoms with Crippen LogP contribution >= 0.6 is 0 Å². The van der Waals surface area contributed by atoms with E-state index in [1.165, 1.54) is 0 Å². The van der Waals surface area contributed by atoms with Gasteiger partial charge in [0.05, 0.1) is 19.3 Å². The van der Waals surface area contributed by atoms with Crippen LogP contribution in [0.1, 0.15) is 31.9 Å². The van der Waals surface area contributed by atoms with E-state index in [0.29, 0.717) is 32.8 Å². The number of ether oxygens (including phenoxy) is 2. The van der Waals surface area contributed by atoms with Gasteiger partial charge in [-0.3, -0.25) is 9.59 Å². The minimum atomic E-state index is -0.343. The first kappa shape index (κ1) is 16.2. The number of carbonyl (C=O) groups excluding carboxylic acids is 2. The summed E-state index contributed by atoms with van der Waals surface area (Å²) in [7, 11) is 0. The molecule has 0 bridgehead atoms. The molecule has 6 nitrogen and oxygen atoms in total. The molecule has 0 fully saturated rings. The van der Waals surface area contributed by atoms with Gasteiger partial charge in [0.1, 0.15) is 12.4 Å². The molecule has 0 saturated heterocycles. The molecule has 6 heteroatoms. The number of carbonyl (C=O) groups is 2. The van der Waals surface area contributed by atoms with Crippen molar-refractivity contribution < 1.29 is 23.5 Å². The summed E-state index contributed by atoms with van der Waals surface area (Å²) < 4.78 is 15.2. The lowest BCUT2D eigenvalue weighted by atomic mass is 10.3. The average molecular weight is 283 g/mol. The topological polar surface area (TPSA) is 77.8 Å². The Bertz CT molecular complexity index is 388. The van der Waals surface area contributed by atoms with Gasteiger partial charge in [0, 0.05) is 19.6 Å². The van der Waals surface area contributed by atoms with Crippen molar-refractivity contribution in [1.82, 2.24) is 5.32 Å². The van der Waals surface area contributed by atoms with Gasteiger partial charge in [0.25, 0.3) is 0 Å². The third-order valence-electron chi connectivity index (χ3n) is 2.47. The van der Waals surface area contributed by atoms with Crippen molar-refractivity contribution in [1.29, 1.82) is 0 Å². The molecule has 0 aliphatic carbocycles. The first-order valence-electron chi connectivity index (χ1n) is 6.74. The Balaban J connectivity index is 1.92. The number of furan rings is 1. The maximum absolute atomic E-state index is 11.4. The Morgan fingerprint density at radius 3 is 2.90 bits per heavy atom. The zero-order valence-electron chi connectivity index (χ0n) is 11.7. The summed E-state index contributed by atoms with van der Waals surface area (Å²) in [6, 6.07) is 3.65. The van der Waals surface area contributed by atoms with E-state index in [-0.39, 0.29) is 24.7 Å². The molecule has 0 saturated carbocycles. The van der Waals surface area contributed by atoms with Crippen LogP contribution < -0.4 is 5.32 Å². The summed E-state index contributed by atoms with van der Waals surface area (Å²) in [6.07, 6.45) is 2.59. The SMILES string of the molecule is CCOC(=O)CCC(=O)NCCCOCc1ccco1. The van der Waals surface area contributed by atoms with E-state index in [4.69, 9.17) is 13.9 Å². The number of amides is 1. The Labute approximate surface area is 118 Å². The number of hydrogen-bond donors (Lipinski definition) is 1. The van der Waals surface area contributed by atoms with E-state index in [1.54, 1.807) is 13.2 Å². The van der Waals surface area contributed by atoms with Gasteiger partial charge in [-0.15, -0.1) is 0 Å². The molecule has 20 heavy (non-hydrogen) atoms. The molecule has 0 radical (unpaired) electrons. The average Bonchev–Trinajstić information content (AvgIpc) is 2.94. The number of rotatable bonds is 10. The Hall–Kier alpha value is -1.82. The summed E-state index contributed by atoms with van der Waals surface area (Å²) in [5.74, 6) is 0.289. The molecule has 1 aromatic heterocycles. The van der Waals surface area contributed by atoms with Crippen molar-refractivity contribution in [2.45, 2.75) is 32.8 Å². The second kappa shape index (κ2) is 10.0. The summed E-state index contributed by atoms with van der Waals surface area (Å²) in [6.45, 7) is 3.58. The highest BCUT2D eigenvalue weighted by Gasteiger charge is 2.06. The summed E-state index contributed by atoms with van der Waals surface area (Å²) in [5, 5.41) is 2.72. The standard InChI is InChI=1S/C14H21NO5/c1-2-19-14(17)7-6-13(16)15-8-4-9-18-11-12-5-3-10-20-12/h3,5,10H,2,4,6-9,11H2,1H3,(H,15,16). The Morgan fingerprint density at radius 1 is 1.35 bits per heavy atom. The van der Waals surface area contributed by atoms with Crippen molar-refractivity contribution in [3.8, 4) is 0 Å². The van der Waals surface area contributed by atoms with Gasteiger partial charge in [-0.25, -0.2) is 0 Å². The van der Waals surface area contributed by atoms with Gasteiger partial charge in [0.2, 0.25) is 5.91 Å². The molecule has 1 N–H and O–H groups in total. The summed E-state index contributed by atoms with van der Waals surface area (Å²) >= 11 is 0. The van der Waals surface area contributed by atoms with E-state index in [0.717, 1.165) is 5.76 Å². The van der Waals surface area contributed by atoms with Crippen molar-refractivity contribution in [3.63, 3.8) is 0 Å². The predicted molar refractivity (Wildman–Crippen MR) is 71.9 cm³/mol. The number of esters is 1. The Morgan fingerprint density at radius 2 is 2.20 bits per heavy atom. The molecule has 112 valence electrons. The molecule has 0 aromatic carbocycles. The molecular formula is C14H21NO5. The lowest BCUT2D eigenvalue weighted by Crippen LogP contribution is -2.25. The predicted octanol–water partition coefficient (Wildman–Crippen LogP) is 1.65. The Kier molecular flexibility index (Phi) is 8.14. The molecule has 0 atom stereocenters. The zero-order chi connectivity index (χ0) is 14.6. The van der Waals surface area contributed by atoms with Crippen LogP contribution in [0.25, 0.3) is 0 Å². The number of nitrogens with one attached hydrogen (secondary N) is 1. The lowest BCUT2D eigenvalue weighted by molar-refractivity contribution is -0.144. The first-order chi connectivity index (χ1) is 9.72. The van der Waals surface area contributed by atoms with Gasteiger partial charge >= 0.3 is 5.97 Å². The smallest absolute Gasteiger partial charge is 0.306 e. The summed E-state index contributed by atoms with van der Waals surface area (Å²) in [4.78, 5) is 22.4. The van der Waals surface area contributed by atoms with Crippen molar-refractivity contribution in [2.24, 2.45) is 0 Å². The fourth-order valence-corrected chi connectivity index (χ4v) is 1.51. The second-order valence-electron chi connectivity index (χ2n) is 4.14. The van der Waals surface area contributed by atoms with Crippen LogP contribution in [0.15, 0.2) is 22.8 Å². The van der Waals surface area contributed by atoms with E-state index < -0.39 is 0 Å². The third-order valence-corrected chi connectivity index (χ3v) is 2.47. The summed E-state index contributed by atoms with van der Waals surface area (Å²) in [5.41, 5.74) is 0. The molecule has 0 aliphatic heterocycles. The fraction of sp³-hybridized carbons (Fsp3) is 0.571. The highest BCUT2D eigenvalue weighted by molar-refractivity contribution is 5.81. The maximum Gasteiger partial charge on any atom is 0.306 e. The zero-order valence-corrected chi connectivity index (χ0v) is 11.7. The largest absolute Gasteiger partial charge is 0.467 e. The van der Waals surface area contributed by atoms with Crippen LogP contribution in [0.2, 0.25) is 0 Å². The number of hydrogen-bond acceptors (Lipinski definition) is 5. The molecule has 0 unspecified atom stereocenters. The lowest BCUT2D eigenvalue weighted by Gasteiger charge is -2.05. The van der Waals surface area contributed by atoms with Crippen LogP contribution in [-0.2, 0) is 25.7 Å².